The van der Waals surface area contributed by atoms with Gasteiger partial charge in [0.1, 0.15) is 24.4 Å². The Hall–Kier alpha value is -3.22. The summed E-state index contributed by atoms with van der Waals surface area (Å²) in [6, 6.07) is 9.33. The van der Waals surface area contributed by atoms with Gasteiger partial charge in [0, 0.05) is 18.4 Å². The average molecular weight is 370 g/mol. The van der Waals surface area contributed by atoms with Gasteiger partial charge in [-0.05, 0) is 38.1 Å². The molecule has 27 heavy (non-hydrogen) atoms. The number of rotatable bonds is 6. The summed E-state index contributed by atoms with van der Waals surface area (Å²) in [6.45, 7) is 4.14. The van der Waals surface area contributed by atoms with E-state index in [2.05, 4.69) is 4.98 Å². The minimum atomic E-state index is -0.748. The van der Waals surface area contributed by atoms with E-state index in [4.69, 9.17) is 9.47 Å². The van der Waals surface area contributed by atoms with Gasteiger partial charge in [-0.25, -0.2) is 14.2 Å². The molecule has 0 saturated carbocycles. The molecule has 0 spiro atoms. The number of pyridine rings is 2. The number of aryl methyl sites for hydroxylation is 2. The summed E-state index contributed by atoms with van der Waals surface area (Å²) in [5.74, 6) is -1.16. The lowest BCUT2D eigenvalue weighted by atomic mass is 10.2. The van der Waals surface area contributed by atoms with Crippen LogP contribution < -0.4 is 10.2 Å². The third-order valence-corrected chi connectivity index (χ3v) is 4.03. The smallest absolute Gasteiger partial charge is 0.343 e. The van der Waals surface area contributed by atoms with E-state index in [0.717, 1.165) is 5.69 Å². The molecule has 3 rings (SSSR count). The van der Waals surface area contributed by atoms with E-state index in [1.54, 1.807) is 28.8 Å². The largest absolute Gasteiger partial charge is 0.487 e. The zero-order chi connectivity index (χ0) is 19.4. The monoisotopic (exact) mass is 370 g/mol. The highest BCUT2D eigenvalue weighted by molar-refractivity contribution is 5.93. The number of halogens is 1. The van der Waals surface area contributed by atoms with Gasteiger partial charge < -0.3 is 14.0 Å². The number of nitrogens with zero attached hydrogens (tertiary/aromatic N) is 2. The van der Waals surface area contributed by atoms with Crippen LogP contribution in [0.2, 0.25) is 0 Å². The summed E-state index contributed by atoms with van der Waals surface area (Å²) in [6.07, 6.45) is 1.46. The van der Waals surface area contributed by atoms with E-state index in [-0.39, 0.29) is 24.5 Å². The minimum Gasteiger partial charge on any atom is -0.487 e. The van der Waals surface area contributed by atoms with Crippen molar-refractivity contribution in [1.82, 2.24) is 9.55 Å². The number of fused-ring (bicyclic) bond motifs is 1. The summed E-state index contributed by atoms with van der Waals surface area (Å²) < 4.78 is 25.6. The molecule has 7 heteroatoms. The maximum absolute atomic E-state index is 13.5. The molecule has 0 bridgehead atoms. The van der Waals surface area contributed by atoms with Crippen LogP contribution in [0.1, 0.15) is 23.0 Å². The third kappa shape index (κ3) is 3.97. The normalized spacial score (nSPS) is 10.8. The van der Waals surface area contributed by atoms with Crippen molar-refractivity contribution in [3.8, 4) is 5.75 Å². The molecule has 1 aromatic carbocycles. The Morgan fingerprint density at radius 3 is 2.70 bits per heavy atom. The van der Waals surface area contributed by atoms with Gasteiger partial charge in [0.15, 0.2) is 11.6 Å². The van der Waals surface area contributed by atoms with Crippen molar-refractivity contribution >= 4 is 17.0 Å². The van der Waals surface area contributed by atoms with E-state index in [1.807, 2.05) is 13.8 Å². The molecule has 2 aromatic heterocycles. The van der Waals surface area contributed by atoms with E-state index < -0.39 is 17.2 Å². The summed E-state index contributed by atoms with van der Waals surface area (Å²) in [5, 5.41) is 0.361. The van der Waals surface area contributed by atoms with Crippen LogP contribution in [0.25, 0.3) is 11.0 Å². The molecular weight excluding hydrogens is 351 g/mol. The van der Waals surface area contributed by atoms with Gasteiger partial charge in [0.25, 0.3) is 0 Å². The lowest BCUT2D eigenvalue weighted by molar-refractivity contribution is 0.0446. The summed E-state index contributed by atoms with van der Waals surface area (Å²) in [5.41, 5.74) is 0.815. The summed E-state index contributed by atoms with van der Waals surface area (Å²) >= 11 is 0. The maximum atomic E-state index is 13.5. The molecule has 0 radical (unpaired) electrons. The molecule has 0 saturated heterocycles. The highest BCUT2D eigenvalue weighted by Gasteiger charge is 2.17. The fraction of sp³-hybridized carbons (Fsp3) is 0.250. The molecular formula is C20H19FN2O4. The van der Waals surface area contributed by atoms with Crippen molar-refractivity contribution in [3.05, 3.63) is 69.9 Å². The van der Waals surface area contributed by atoms with Gasteiger partial charge in [-0.2, -0.15) is 0 Å². The van der Waals surface area contributed by atoms with Crippen LogP contribution in [0.3, 0.4) is 0 Å². The number of ether oxygens (including phenoxy) is 2. The number of carbonyl (C=O) groups excluding carboxylic acids is 1. The zero-order valence-electron chi connectivity index (χ0n) is 15.1. The van der Waals surface area contributed by atoms with Gasteiger partial charge in [0.2, 0.25) is 5.43 Å². The van der Waals surface area contributed by atoms with Gasteiger partial charge in [-0.3, -0.25) is 4.79 Å². The predicted octanol–water partition coefficient (Wildman–Crippen LogP) is 3.10. The van der Waals surface area contributed by atoms with Crippen LogP contribution >= 0.6 is 0 Å². The van der Waals surface area contributed by atoms with Crippen molar-refractivity contribution < 1.29 is 18.7 Å². The molecule has 0 aliphatic carbocycles. The lowest BCUT2D eigenvalue weighted by Gasteiger charge is -2.11. The number of esters is 1. The second-order valence-corrected chi connectivity index (χ2v) is 5.90. The van der Waals surface area contributed by atoms with E-state index in [1.165, 1.54) is 18.3 Å². The van der Waals surface area contributed by atoms with Crippen LogP contribution in [0.15, 0.2) is 47.4 Å². The first kappa shape index (κ1) is 18.6. The molecule has 0 aliphatic rings. The molecule has 0 atom stereocenters. The number of para-hydroxylation sites is 1. The summed E-state index contributed by atoms with van der Waals surface area (Å²) in [7, 11) is 0. The van der Waals surface area contributed by atoms with Gasteiger partial charge in [0.05, 0.1) is 5.39 Å². The quantitative estimate of drug-likeness (QED) is 0.493. The molecule has 0 fully saturated rings. The van der Waals surface area contributed by atoms with Crippen LogP contribution in [0, 0.1) is 12.7 Å². The van der Waals surface area contributed by atoms with Crippen molar-refractivity contribution in [2.45, 2.75) is 20.4 Å². The number of hydrogen-bond donors (Lipinski definition) is 0. The second kappa shape index (κ2) is 7.99. The topological polar surface area (TPSA) is 70.4 Å². The molecule has 0 aliphatic heterocycles. The first-order chi connectivity index (χ1) is 13.0. The van der Waals surface area contributed by atoms with Crippen molar-refractivity contribution in [3.63, 3.8) is 0 Å². The average Bonchev–Trinajstić information content (AvgIpc) is 2.66. The fourth-order valence-corrected chi connectivity index (χ4v) is 2.67. The predicted molar refractivity (Wildman–Crippen MR) is 98.6 cm³/mol. The van der Waals surface area contributed by atoms with Crippen molar-refractivity contribution in [1.29, 1.82) is 0 Å². The highest BCUT2D eigenvalue weighted by Crippen LogP contribution is 2.15. The van der Waals surface area contributed by atoms with Gasteiger partial charge in [-0.1, -0.05) is 12.1 Å². The number of aromatic nitrogens is 2. The SMILES string of the molecule is CCn1cc(C(=O)OCCOc2ccccc2F)c(=O)c2ccc(C)nc21. The minimum absolute atomic E-state index is 0.0248. The number of benzene rings is 1. The molecule has 0 amide bonds. The Kier molecular flexibility index (Phi) is 5.49. The number of carbonyl (C=O) groups is 1. The fourth-order valence-electron chi connectivity index (χ4n) is 2.67. The molecule has 6 nitrogen and oxygen atoms in total. The maximum Gasteiger partial charge on any atom is 0.343 e. The highest BCUT2D eigenvalue weighted by atomic mass is 19.1. The van der Waals surface area contributed by atoms with E-state index >= 15 is 0 Å². The van der Waals surface area contributed by atoms with Crippen LogP contribution in [-0.4, -0.2) is 28.7 Å². The van der Waals surface area contributed by atoms with Crippen molar-refractivity contribution in [2.24, 2.45) is 0 Å². The van der Waals surface area contributed by atoms with Gasteiger partial charge >= 0.3 is 5.97 Å². The van der Waals surface area contributed by atoms with E-state index in [9.17, 15) is 14.0 Å². The summed E-state index contributed by atoms with van der Waals surface area (Å²) in [4.78, 5) is 29.3. The number of hydrogen-bond acceptors (Lipinski definition) is 5. The molecule has 140 valence electrons. The molecule has 3 aromatic rings. The zero-order valence-corrected chi connectivity index (χ0v) is 15.1. The first-order valence-electron chi connectivity index (χ1n) is 8.56. The van der Waals surface area contributed by atoms with Crippen LogP contribution in [0.4, 0.5) is 4.39 Å². The Morgan fingerprint density at radius 1 is 1.19 bits per heavy atom. The van der Waals surface area contributed by atoms with Crippen molar-refractivity contribution in [2.75, 3.05) is 13.2 Å². The Balaban J connectivity index is 1.74. The second-order valence-electron chi connectivity index (χ2n) is 5.90. The third-order valence-electron chi connectivity index (χ3n) is 4.03. The van der Waals surface area contributed by atoms with E-state index in [0.29, 0.717) is 17.6 Å². The van der Waals surface area contributed by atoms with Crippen LogP contribution in [0.5, 0.6) is 5.75 Å². The Labute approximate surface area is 155 Å². The first-order valence-corrected chi connectivity index (χ1v) is 8.56. The molecule has 2 heterocycles. The Bertz CT molecular complexity index is 1050. The lowest BCUT2D eigenvalue weighted by Crippen LogP contribution is -2.22. The van der Waals surface area contributed by atoms with Crippen LogP contribution in [-0.2, 0) is 11.3 Å². The molecule has 0 N–H and O–H groups in total. The van der Waals surface area contributed by atoms with Gasteiger partial charge in [-0.15, -0.1) is 0 Å². The standard InChI is InChI=1S/C20H19FN2O4/c1-3-23-12-15(18(24)14-9-8-13(2)22-19(14)23)20(25)27-11-10-26-17-7-5-4-6-16(17)21/h4-9,12H,3,10-11H2,1-2H3. The molecule has 0 unspecified atom stereocenters. The Morgan fingerprint density at radius 2 is 1.96 bits per heavy atom.